The van der Waals surface area contributed by atoms with Gasteiger partial charge in [-0.1, -0.05) is 57.5 Å². The Kier molecular flexibility index (Phi) is 8.17. The Bertz CT molecular complexity index is 956. The molecule has 29 heavy (non-hydrogen) atoms. The molecule has 0 bridgehead atoms. The summed E-state index contributed by atoms with van der Waals surface area (Å²) in [6.45, 7) is 1.76. The van der Waals surface area contributed by atoms with Crippen molar-refractivity contribution in [1.29, 1.82) is 0 Å². The minimum atomic E-state index is 0.356. The van der Waals surface area contributed by atoms with Crippen molar-refractivity contribution in [3.63, 3.8) is 0 Å². The van der Waals surface area contributed by atoms with E-state index >= 15 is 0 Å². The van der Waals surface area contributed by atoms with Crippen molar-refractivity contribution in [2.24, 2.45) is 7.05 Å². The van der Waals surface area contributed by atoms with Crippen LogP contribution in [-0.2, 0) is 20.2 Å². The van der Waals surface area contributed by atoms with E-state index in [1.807, 2.05) is 43.4 Å². The van der Waals surface area contributed by atoms with Crippen LogP contribution in [0.25, 0.3) is 0 Å². The molecule has 10 heteroatoms. The third kappa shape index (κ3) is 5.85. The van der Waals surface area contributed by atoms with Gasteiger partial charge in [-0.15, -0.1) is 5.10 Å². The van der Waals surface area contributed by atoms with Crippen LogP contribution in [0.5, 0.6) is 11.5 Å². The van der Waals surface area contributed by atoms with Crippen molar-refractivity contribution in [3.05, 3.63) is 57.0 Å². The quantitative estimate of drug-likeness (QED) is 0.333. The second kappa shape index (κ2) is 10.8. The summed E-state index contributed by atoms with van der Waals surface area (Å²) in [6.07, 6.45) is 0. The lowest BCUT2D eigenvalue weighted by Crippen LogP contribution is -2.18. The maximum atomic E-state index is 6.26. The van der Waals surface area contributed by atoms with Crippen LogP contribution in [0.15, 0.2) is 46.0 Å². The Morgan fingerprint density at radius 1 is 1.24 bits per heavy atom. The van der Waals surface area contributed by atoms with Gasteiger partial charge in [0.15, 0.2) is 11.5 Å². The summed E-state index contributed by atoms with van der Waals surface area (Å²) in [7, 11) is 3.46. The zero-order valence-corrected chi connectivity index (χ0v) is 19.2. The maximum absolute atomic E-state index is 6.26. The van der Waals surface area contributed by atoms with Crippen molar-refractivity contribution in [1.82, 2.24) is 25.5 Å². The number of nitrogens with zero attached hydrogens (tertiary/aromatic N) is 4. The first kappa shape index (κ1) is 21.9. The lowest BCUT2D eigenvalue weighted by Gasteiger charge is -2.17. The van der Waals surface area contributed by atoms with E-state index in [1.165, 1.54) is 0 Å². The number of thioether (sulfide) groups is 1. The van der Waals surface area contributed by atoms with Crippen molar-refractivity contribution in [2.75, 3.05) is 19.4 Å². The maximum Gasteiger partial charge on any atom is 0.209 e. The van der Waals surface area contributed by atoms with Crippen LogP contribution in [-0.4, -0.2) is 39.6 Å². The third-order valence-corrected chi connectivity index (χ3v) is 6.23. The van der Waals surface area contributed by atoms with Gasteiger partial charge in [0.25, 0.3) is 0 Å². The van der Waals surface area contributed by atoms with Crippen LogP contribution in [0.3, 0.4) is 0 Å². The molecular formula is C19H21BrClN5O2S. The van der Waals surface area contributed by atoms with E-state index in [9.17, 15) is 0 Å². The standard InChI is InChI=1S/C19H21BrClN5O2S/c1-26-19(23-24-25-26)29-10-9-22-11-14-15(20)7-8-17(27-2)18(14)28-12-13-5-3-4-6-16(13)21/h3-8,22H,9-12H2,1-2H3. The molecular weight excluding hydrogens is 478 g/mol. The predicted octanol–water partition coefficient (Wildman–Crippen LogP) is 4.10. The summed E-state index contributed by atoms with van der Waals surface area (Å²) in [5.74, 6) is 2.21. The van der Waals surface area contributed by atoms with Gasteiger partial charge in [0, 0.05) is 46.5 Å². The van der Waals surface area contributed by atoms with Crippen LogP contribution in [0.4, 0.5) is 0 Å². The number of aromatic nitrogens is 4. The lowest BCUT2D eigenvalue weighted by molar-refractivity contribution is 0.280. The molecule has 0 saturated carbocycles. The second-order valence-corrected chi connectivity index (χ2v) is 8.37. The first-order valence-corrected chi connectivity index (χ1v) is 11.0. The molecule has 3 rings (SSSR count). The summed E-state index contributed by atoms with van der Waals surface area (Å²) >= 11 is 11.5. The minimum absolute atomic E-state index is 0.356. The number of nitrogens with one attached hydrogen (secondary N) is 1. The van der Waals surface area contributed by atoms with Crippen LogP contribution < -0.4 is 14.8 Å². The van der Waals surface area contributed by atoms with Crippen molar-refractivity contribution >= 4 is 39.3 Å². The molecule has 2 aromatic carbocycles. The summed E-state index contributed by atoms with van der Waals surface area (Å²) in [4.78, 5) is 0. The highest BCUT2D eigenvalue weighted by Gasteiger charge is 2.15. The summed E-state index contributed by atoms with van der Waals surface area (Å²) in [6, 6.07) is 11.5. The average molecular weight is 499 g/mol. The Balaban J connectivity index is 1.63. The topological polar surface area (TPSA) is 74.1 Å². The first-order chi connectivity index (χ1) is 14.1. The van der Waals surface area contributed by atoms with Gasteiger partial charge in [0.05, 0.1) is 7.11 Å². The number of hydrogen-bond donors (Lipinski definition) is 1. The third-order valence-electron chi connectivity index (χ3n) is 4.11. The highest BCUT2D eigenvalue weighted by molar-refractivity contribution is 9.10. The van der Waals surface area contributed by atoms with Gasteiger partial charge in [-0.2, -0.15) is 0 Å². The van der Waals surface area contributed by atoms with Gasteiger partial charge >= 0.3 is 0 Å². The number of ether oxygens (including phenoxy) is 2. The molecule has 1 aromatic heterocycles. The van der Waals surface area contributed by atoms with E-state index in [0.29, 0.717) is 29.7 Å². The second-order valence-electron chi connectivity index (χ2n) is 6.05. The number of benzene rings is 2. The number of hydrogen-bond acceptors (Lipinski definition) is 7. The molecule has 0 aliphatic heterocycles. The molecule has 0 atom stereocenters. The Labute approximate surface area is 187 Å². The monoisotopic (exact) mass is 497 g/mol. The Morgan fingerprint density at radius 2 is 2.07 bits per heavy atom. The fourth-order valence-electron chi connectivity index (χ4n) is 2.60. The molecule has 0 spiro atoms. The Hall–Kier alpha value is -1.81. The normalized spacial score (nSPS) is 10.9. The minimum Gasteiger partial charge on any atom is -0.493 e. The van der Waals surface area contributed by atoms with Crippen molar-refractivity contribution in [2.45, 2.75) is 18.3 Å². The van der Waals surface area contributed by atoms with Crippen LogP contribution in [0.2, 0.25) is 5.02 Å². The molecule has 154 valence electrons. The molecule has 7 nitrogen and oxygen atoms in total. The van der Waals surface area contributed by atoms with E-state index in [0.717, 1.165) is 33.1 Å². The van der Waals surface area contributed by atoms with Gasteiger partial charge in [-0.25, -0.2) is 4.68 Å². The van der Waals surface area contributed by atoms with E-state index in [-0.39, 0.29) is 0 Å². The Morgan fingerprint density at radius 3 is 2.79 bits per heavy atom. The summed E-state index contributed by atoms with van der Waals surface area (Å²) in [5, 5.41) is 16.3. The molecule has 0 unspecified atom stereocenters. The molecule has 0 radical (unpaired) electrons. The molecule has 0 saturated heterocycles. The smallest absolute Gasteiger partial charge is 0.209 e. The van der Waals surface area contributed by atoms with Crippen molar-refractivity contribution in [3.8, 4) is 11.5 Å². The highest BCUT2D eigenvalue weighted by Crippen LogP contribution is 2.37. The number of tetrazole rings is 1. The zero-order chi connectivity index (χ0) is 20.6. The largest absolute Gasteiger partial charge is 0.493 e. The molecule has 3 aromatic rings. The van der Waals surface area contributed by atoms with Crippen LogP contribution >= 0.6 is 39.3 Å². The molecule has 0 amide bonds. The molecule has 1 N–H and O–H groups in total. The molecule has 0 aliphatic carbocycles. The fraction of sp³-hybridized carbons (Fsp3) is 0.316. The first-order valence-electron chi connectivity index (χ1n) is 8.87. The van der Waals surface area contributed by atoms with Crippen LogP contribution in [0.1, 0.15) is 11.1 Å². The van der Waals surface area contributed by atoms with Crippen molar-refractivity contribution < 1.29 is 9.47 Å². The number of methoxy groups -OCH3 is 1. The van der Waals surface area contributed by atoms with E-state index in [1.54, 1.807) is 23.6 Å². The fourth-order valence-corrected chi connectivity index (χ4v) is 3.99. The summed E-state index contributed by atoms with van der Waals surface area (Å²) in [5.41, 5.74) is 1.91. The van der Waals surface area contributed by atoms with E-state index < -0.39 is 0 Å². The zero-order valence-electron chi connectivity index (χ0n) is 16.1. The number of aryl methyl sites for hydroxylation is 1. The molecule has 1 heterocycles. The number of halogens is 2. The van der Waals surface area contributed by atoms with E-state index in [4.69, 9.17) is 21.1 Å². The number of rotatable bonds is 10. The predicted molar refractivity (Wildman–Crippen MR) is 118 cm³/mol. The van der Waals surface area contributed by atoms with Gasteiger partial charge in [-0.3, -0.25) is 0 Å². The highest BCUT2D eigenvalue weighted by atomic mass is 79.9. The average Bonchev–Trinajstić information content (AvgIpc) is 3.13. The van der Waals surface area contributed by atoms with Gasteiger partial charge < -0.3 is 14.8 Å². The van der Waals surface area contributed by atoms with Gasteiger partial charge in [-0.05, 0) is 28.6 Å². The lowest BCUT2D eigenvalue weighted by atomic mass is 10.1. The molecule has 0 fully saturated rings. The van der Waals surface area contributed by atoms with E-state index in [2.05, 4.69) is 36.8 Å². The van der Waals surface area contributed by atoms with Gasteiger partial charge in [0.1, 0.15) is 6.61 Å². The SMILES string of the molecule is COc1ccc(Br)c(CNCCSc2nnnn2C)c1OCc1ccccc1Cl. The van der Waals surface area contributed by atoms with Crippen LogP contribution in [0, 0.1) is 0 Å². The molecule has 0 aliphatic rings. The summed E-state index contributed by atoms with van der Waals surface area (Å²) < 4.78 is 14.2. The van der Waals surface area contributed by atoms with Gasteiger partial charge in [0.2, 0.25) is 5.16 Å².